The first-order valence-electron chi connectivity index (χ1n) is 5.22. The van der Waals surface area contributed by atoms with Gasteiger partial charge >= 0.3 is 0 Å². The third kappa shape index (κ3) is 9.80. The third-order valence-electron chi connectivity index (χ3n) is 2.00. The Morgan fingerprint density at radius 2 is 2.00 bits per heavy atom. The van der Waals surface area contributed by atoms with E-state index < -0.39 is 0 Å². The van der Waals surface area contributed by atoms with Gasteiger partial charge in [-0.2, -0.15) is 0 Å². The summed E-state index contributed by atoms with van der Waals surface area (Å²) in [5.41, 5.74) is 0. The fraction of sp³-hybridized carbons (Fsp3) is 1.00. The lowest BCUT2D eigenvalue weighted by molar-refractivity contribution is 0.135. The van der Waals surface area contributed by atoms with Gasteiger partial charge in [0.2, 0.25) is 0 Å². The molecule has 0 aliphatic rings. The monoisotopic (exact) mass is 190 g/mol. The van der Waals surface area contributed by atoms with E-state index in [0.717, 1.165) is 32.7 Å². The molecule has 0 aromatic rings. The van der Waals surface area contributed by atoms with Crippen LogP contribution >= 0.6 is 0 Å². The summed E-state index contributed by atoms with van der Waals surface area (Å²) in [6.45, 7) is 7.19. The molecule has 0 unspecified atom stereocenters. The summed E-state index contributed by atoms with van der Waals surface area (Å²) < 4.78 is 5.27. The lowest BCUT2D eigenvalue weighted by Crippen LogP contribution is -2.24. The zero-order valence-electron chi connectivity index (χ0n) is 9.31. The van der Waals surface area contributed by atoms with Crippen molar-refractivity contribution in [1.82, 2.24) is 10.2 Å². The molecule has 13 heavy (non-hydrogen) atoms. The number of hydrogen-bond donors (Lipinski definition) is 1. The quantitative estimate of drug-likeness (QED) is 0.553. The topological polar surface area (TPSA) is 24.5 Å². The molecule has 0 fully saturated rings. The normalized spacial score (nSPS) is 11.1. The predicted molar refractivity (Wildman–Crippen MR) is 59.3 cm³/mol. The Balaban J connectivity index is 0. The Bertz CT molecular complexity index is 104. The highest BCUT2D eigenvalue weighted by Crippen LogP contribution is 1.90. The number of hydrogen-bond acceptors (Lipinski definition) is 3. The number of ether oxygens (including phenoxy) is 1. The van der Waals surface area contributed by atoms with Crippen molar-refractivity contribution in [2.24, 2.45) is 0 Å². The summed E-state index contributed by atoms with van der Waals surface area (Å²) in [5.74, 6) is 0. The summed E-state index contributed by atoms with van der Waals surface area (Å²) in [4.78, 5) is 2.36. The van der Waals surface area contributed by atoms with E-state index in [2.05, 4.69) is 17.3 Å². The van der Waals surface area contributed by atoms with Gasteiger partial charge in [-0.1, -0.05) is 0 Å². The predicted octanol–water partition coefficient (Wildman–Crippen LogP) is 1.20. The Labute approximate surface area is 83.9 Å². The van der Waals surface area contributed by atoms with Crippen LogP contribution in [0.2, 0.25) is 0 Å². The van der Waals surface area contributed by atoms with E-state index in [4.69, 9.17) is 4.74 Å². The molecule has 0 rings (SSSR count). The van der Waals surface area contributed by atoms with E-state index in [1.807, 2.05) is 14.0 Å². The second kappa shape index (κ2) is 9.96. The first kappa shape index (κ1) is 12.9. The smallest absolute Gasteiger partial charge is 0.0478 e. The third-order valence-corrected chi connectivity index (χ3v) is 2.00. The average Bonchev–Trinajstić information content (AvgIpc) is 2.13. The van der Waals surface area contributed by atoms with Gasteiger partial charge in [-0.25, -0.2) is 0 Å². The largest absolute Gasteiger partial charge is 0.382 e. The second-order valence-electron chi connectivity index (χ2n) is 3.31. The summed E-state index contributed by atoms with van der Waals surface area (Å²) in [6, 6.07) is 0. The van der Waals surface area contributed by atoms with Crippen LogP contribution in [0.5, 0.6) is 0 Å². The van der Waals surface area contributed by atoms with Crippen LogP contribution < -0.4 is 5.32 Å². The molecule has 0 spiro atoms. The van der Waals surface area contributed by atoms with Gasteiger partial charge in [0, 0.05) is 21.2 Å². The standard InChI is InChI=1S/C10H24N2O.H2/c1-4-13-10-6-9-12(3)8-5-7-11-2;/h11H,4-10H2,1-3H3;1H. The fourth-order valence-corrected chi connectivity index (χ4v) is 1.22. The molecule has 0 heterocycles. The molecular formula is C10H26N2O. The lowest BCUT2D eigenvalue weighted by Gasteiger charge is -2.15. The molecule has 1 N–H and O–H groups in total. The zero-order chi connectivity index (χ0) is 9.94. The maximum absolute atomic E-state index is 5.27. The maximum Gasteiger partial charge on any atom is 0.0478 e. The van der Waals surface area contributed by atoms with Gasteiger partial charge in [0.1, 0.15) is 0 Å². The molecule has 3 nitrogen and oxygen atoms in total. The minimum absolute atomic E-state index is 0. The summed E-state index contributed by atoms with van der Waals surface area (Å²) >= 11 is 0. The molecule has 82 valence electrons. The SMILES string of the molecule is CCOCCCN(C)CCCNC.[HH]. The van der Waals surface area contributed by atoms with E-state index >= 15 is 0 Å². The number of nitrogens with zero attached hydrogens (tertiary/aromatic N) is 1. The Kier molecular flexibility index (Phi) is 9.87. The number of rotatable bonds is 9. The van der Waals surface area contributed by atoms with Gasteiger partial charge in [-0.05, 0) is 47.0 Å². The van der Waals surface area contributed by atoms with Gasteiger partial charge in [-0.3, -0.25) is 0 Å². The van der Waals surface area contributed by atoms with Gasteiger partial charge in [0.25, 0.3) is 0 Å². The van der Waals surface area contributed by atoms with E-state index in [-0.39, 0.29) is 1.43 Å². The van der Waals surface area contributed by atoms with Gasteiger partial charge < -0.3 is 15.0 Å². The van der Waals surface area contributed by atoms with E-state index in [9.17, 15) is 0 Å². The molecule has 3 heteroatoms. The maximum atomic E-state index is 5.27. The van der Waals surface area contributed by atoms with E-state index in [0.29, 0.717) is 0 Å². The van der Waals surface area contributed by atoms with Crippen molar-refractivity contribution in [1.29, 1.82) is 0 Å². The van der Waals surface area contributed by atoms with Gasteiger partial charge in [-0.15, -0.1) is 0 Å². The number of nitrogens with one attached hydrogen (secondary N) is 1. The molecule has 0 amide bonds. The van der Waals surface area contributed by atoms with Crippen LogP contribution in [0.1, 0.15) is 21.2 Å². The van der Waals surface area contributed by atoms with Crippen molar-refractivity contribution in [3.8, 4) is 0 Å². The Morgan fingerprint density at radius 1 is 1.31 bits per heavy atom. The van der Waals surface area contributed by atoms with Crippen molar-refractivity contribution in [3.05, 3.63) is 0 Å². The summed E-state index contributed by atoms with van der Waals surface area (Å²) in [6.07, 6.45) is 2.37. The van der Waals surface area contributed by atoms with Gasteiger partial charge in [0.15, 0.2) is 0 Å². The minimum atomic E-state index is 0. The fourth-order valence-electron chi connectivity index (χ4n) is 1.22. The Morgan fingerprint density at radius 3 is 2.62 bits per heavy atom. The van der Waals surface area contributed by atoms with Crippen LogP contribution in [-0.2, 0) is 4.74 Å². The van der Waals surface area contributed by atoms with Crippen LogP contribution in [0.25, 0.3) is 0 Å². The molecular weight excluding hydrogens is 164 g/mol. The molecule has 0 bridgehead atoms. The summed E-state index contributed by atoms with van der Waals surface area (Å²) in [7, 11) is 4.16. The molecule has 0 radical (unpaired) electrons. The highest BCUT2D eigenvalue weighted by atomic mass is 16.5. The first-order valence-corrected chi connectivity index (χ1v) is 5.22. The van der Waals surface area contributed by atoms with Crippen molar-refractivity contribution < 1.29 is 6.16 Å². The van der Waals surface area contributed by atoms with Crippen LogP contribution in [0.3, 0.4) is 0 Å². The minimum Gasteiger partial charge on any atom is -0.382 e. The van der Waals surface area contributed by atoms with E-state index in [1.54, 1.807) is 0 Å². The molecule has 0 aromatic carbocycles. The molecule has 0 saturated carbocycles. The van der Waals surface area contributed by atoms with Crippen LogP contribution in [0.4, 0.5) is 0 Å². The van der Waals surface area contributed by atoms with Gasteiger partial charge in [0.05, 0.1) is 0 Å². The first-order chi connectivity index (χ1) is 6.31. The highest BCUT2D eigenvalue weighted by molar-refractivity contribution is 4.52. The second-order valence-corrected chi connectivity index (χ2v) is 3.31. The van der Waals surface area contributed by atoms with Crippen LogP contribution in [0.15, 0.2) is 0 Å². The van der Waals surface area contributed by atoms with Crippen molar-refractivity contribution >= 4 is 0 Å². The Hall–Kier alpha value is -0.120. The van der Waals surface area contributed by atoms with Crippen molar-refractivity contribution in [2.45, 2.75) is 19.8 Å². The summed E-state index contributed by atoms with van der Waals surface area (Å²) in [5, 5.41) is 3.15. The highest BCUT2D eigenvalue weighted by Gasteiger charge is 1.96. The average molecular weight is 190 g/mol. The van der Waals surface area contributed by atoms with Crippen LogP contribution in [-0.4, -0.2) is 51.8 Å². The molecule has 0 saturated heterocycles. The molecule has 0 aromatic heterocycles. The zero-order valence-corrected chi connectivity index (χ0v) is 9.31. The van der Waals surface area contributed by atoms with Crippen molar-refractivity contribution in [3.63, 3.8) is 0 Å². The van der Waals surface area contributed by atoms with E-state index in [1.165, 1.54) is 13.0 Å². The molecule has 0 atom stereocenters. The molecule has 0 aliphatic heterocycles. The van der Waals surface area contributed by atoms with Crippen LogP contribution in [0, 0.1) is 0 Å². The molecule has 0 aliphatic carbocycles. The lowest BCUT2D eigenvalue weighted by atomic mass is 10.3. The van der Waals surface area contributed by atoms with Crippen molar-refractivity contribution in [2.75, 3.05) is 46.9 Å².